The molecular formula is C21H21ClF2N2O3. The van der Waals surface area contributed by atoms with E-state index < -0.39 is 35.3 Å². The Balaban J connectivity index is 1.82. The van der Waals surface area contributed by atoms with Crippen LogP contribution in [0.4, 0.5) is 19.3 Å². The summed E-state index contributed by atoms with van der Waals surface area (Å²) in [6, 6.07) is 5.83. The lowest BCUT2D eigenvalue weighted by molar-refractivity contribution is 0.0503. The lowest BCUT2D eigenvalue weighted by Crippen LogP contribution is -2.34. The molecule has 2 aromatic rings. The summed E-state index contributed by atoms with van der Waals surface area (Å²) in [7, 11) is 0. The molecule has 0 fully saturated rings. The van der Waals surface area contributed by atoms with E-state index in [0.29, 0.717) is 24.1 Å². The van der Waals surface area contributed by atoms with Gasteiger partial charge in [-0.3, -0.25) is 4.79 Å². The molecule has 154 valence electrons. The largest absolute Gasteiger partial charge is 0.444 e. The summed E-state index contributed by atoms with van der Waals surface area (Å²) in [6.07, 6.45) is 0.212. The predicted octanol–water partition coefficient (Wildman–Crippen LogP) is 5.38. The number of anilines is 1. The maximum Gasteiger partial charge on any atom is 0.408 e. The molecule has 0 radical (unpaired) electrons. The third kappa shape index (κ3) is 4.85. The summed E-state index contributed by atoms with van der Waals surface area (Å²) >= 11 is 5.74. The van der Waals surface area contributed by atoms with E-state index in [1.165, 1.54) is 24.3 Å². The maximum absolute atomic E-state index is 14.5. The van der Waals surface area contributed by atoms with E-state index in [0.717, 1.165) is 6.07 Å². The third-order valence-electron chi connectivity index (χ3n) is 4.45. The van der Waals surface area contributed by atoms with Crippen LogP contribution >= 0.6 is 11.6 Å². The van der Waals surface area contributed by atoms with Crippen LogP contribution in [0.25, 0.3) is 0 Å². The fourth-order valence-corrected chi connectivity index (χ4v) is 3.47. The molecule has 5 nitrogen and oxygen atoms in total. The first kappa shape index (κ1) is 21.0. The second kappa shape index (κ2) is 7.99. The van der Waals surface area contributed by atoms with Gasteiger partial charge in [0.25, 0.3) is 5.91 Å². The Morgan fingerprint density at radius 2 is 1.83 bits per heavy atom. The zero-order valence-electron chi connectivity index (χ0n) is 16.2. The van der Waals surface area contributed by atoms with Crippen LogP contribution in [-0.2, 0) is 11.2 Å². The van der Waals surface area contributed by atoms with Crippen LogP contribution in [0, 0.1) is 11.6 Å². The first-order valence-corrected chi connectivity index (χ1v) is 9.50. The van der Waals surface area contributed by atoms with Gasteiger partial charge >= 0.3 is 6.09 Å². The average Bonchev–Trinajstić information content (AvgIpc) is 3.01. The second-order valence-electron chi connectivity index (χ2n) is 7.81. The number of amides is 2. The van der Waals surface area contributed by atoms with Gasteiger partial charge in [-0.25, -0.2) is 13.6 Å². The van der Waals surface area contributed by atoms with Gasteiger partial charge in [-0.1, -0.05) is 11.6 Å². The number of ether oxygens (including phenoxy) is 1. The molecule has 0 unspecified atom stereocenters. The minimum absolute atomic E-state index is 0.117. The third-order valence-corrected chi connectivity index (χ3v) is 4.74. The van der Waals surface area contributed by atoms with E-state index in [1.807, 2.05) is 0 Å². The van der Waals surface area contributed by atoms with Crippen LogP contribution in [0.15, 0.2) is 30.3 Å². The van der Waals surface area contributed by atoms with Crippen molar-refractivity contribution in [3.8, 4) is 0 Å². The smallest absolute Gasteiger partial charge is 0.408 e. The number of halogens is 3. The number of hydrogen-bond acceptors (Lipinski definition) is 3. The number of carbonyl (C=O) groups excluding carboxylic acids is 2. The van der Waals surface area contributed by atoms with Crippen molar-refractivity contribution >= 4 is 29.3 Å². The van der Waals surface area contributed by atoms with E-state index in [2.05, 4.69) is 10.6 Å². The summed E-state index contributed by atoms with van der Waals surface area (Å²) in [5, 5.41) is 5.19. The van der Waals surface area contributed by atoms with Crippen molar-refractivity contribution in [3.63, 3.8) is 0 Å². The van der Waals surface area contributed by atoms with Crippen molar-refractivity contribution in [1.82, 2.24) is 5.32 Å². The Kier molecular flexibility index (Phi) is 5.80. The first-order chi connectivity index (χ1) is 13.5. The highest BCUT2D eigenvalue weighted by atomic mass is 35.5. The van der Waals surface area contributed by atoms with Crippen molar-refractivity contribution in [3.05, 3.63) is 63.7 Å². The Morgan fingerprint density at radius 1 is 1.14 bits per heavy atom. The van der Waals surface area contributed by atoms with E-state index in [9.17, 15) is 18.4 Å². The number of nitrogens with one attached hydrogen (secondary N) is 2. The van der Waals surface area contributed by atoms with Crippen LogP contribution < -0.4 is 10.6 Å². The molecule has 0 aromatic heterocycles. The Hall–Kier alpha value is -2.67. The Labute approximate surface area is 172 Å². The van der Waals surface area contributed by atoms with Crippen LogP contribution in [-0.4, -0.2) is 17.6 Å². The summed E-state index contributed by atoms with van der Waals surface area (Å²) in [6.45, 7) is 5.21. The molecular weight excluding hydrogens is 402 g/mol. The van der Waals surface area contributed by atoms with Crippen molar-refractivity contribution in [2.75, 3.05) is 5.32 Å². The van der Waals surface area contributed by atoms with Crippen LogP contribution in [0.5, 0.6) is 0 Å². The normalized spacial score (nSPS) is 15.6. The van der Waals surface area contributed by atoms with Gasteiger partial charge in [-0.2, -0.15) is 0 Å². The van der Waals surface area contributed by atoms with Gasteiger partial charge in [0.05, 0.1) is 11.1 Å². The lowest BCUT2D eigenvalue weighted by Gasteiger charge is -2.22. The van der Waals surface area contributed by atoms with Gasteiger partial charge in [-0.05, 0) is 69.5 Å². The summed E-state index contributed by atoms with van der Waals surface area (Å²) < 4.78 is 33.1. The molecule has 2 amide bonds. The zero-order chi connectivity index (χ0) is 21.3. The maximum atomic E-state index is 14.5. The minimum Gasteiger partial charge on any atom is -0.444 e. The molecule has 29 heavy (non-hydrogen) atoms. The molecule has 2 aromatic carbocycles. The number of rotatable bonds is 3. The van der Waals surface area contributed by atoms with Gasteiger partial charge < -0.3 is 15.4 Å². The van der Waals surface area contributed by atoms with Crippen molar-refractivity contribution in [2.24, 2.45) is 0 Å². The second-order valence-corrected chi connectivity index (χ2v) is 8.21. The van der Waals surface area contributed by atoms with Crippen LogP contribution in [0.2, 0.25) is 5.02 Å². The summed E-state index contributed by atoms with van der Waals surface area (Å²) in [4.78, 5) is 24.8. The molecule has 0 aliphatic heterocycles. The van der Waals surface area contributed by atoms with E-state index in [4.69, 9.17) is 16.3 Å². The van der Waals surface area contributed by atoms with Gasteiger partial charge in [0.1, 0.15) is 17.2 Å². The fourth-order valence-electron chi connectivity index (χ4n) is 3.29. The van der Waals surface area contributed by atoms with Crippen molar-refractivity contribution in [2.45, 2.75) is 45.3 Å². The van der Waals surface area contributed by atoms with Gasteiger partial charge in [0.15, 0.2) is 0 Å². The van der Waals surface area contributed by atoms with Crippen molar-refractivity contribution < 1.29 is 23.1 Å². The highest BCUT2D eigenvalue weighted by Crippen LogP contribution is 2.36. The SMILES string of the molecule is CC(C)(C)OC(=O)N[C@H]1CCc2c(C(=O)Nc3ccc(F)c(Cl)c3)ccc(F)c21. The Bertz CT molecular complexity index is 973. The monoisotopic (exact) mass is 422 g/mol. The van der Waals surface area contributed by atoms with E-state index in [-0.39, 0.29) is 16.1 Å². The topological polar surface area (TPSA) is 67.4 Å². The molecule has 8 heteroatoms. The number of carbonyl (C=O) groups is 2. The number of benzene rings is 2. The number of alkyl carbamates (subject to hydrolysis) is 1. The Morgan fingerprint density at radius 3 is 2.48 bits per heavy atom. The quantitative estimate of drug-likeness (QED) is 0.697. The standard InChI is InChI=1S/C21H21ClF2N2O3/c1-21(2,3)29-20(28)26-17-9-6-12-13(5-8-16(24)18(12)17)19(27)25-11-4-7-15(23)14(22)10-11/h4-5,7-8,10,17H,6,9H2,1-3H3,(H,25,27)(H,26,28)/t17-/m0/s1. The number of hydrogen-bond donors (Lipinski definition) is 2. The first-order valence-electron chi connectivity index (χ1n) is 9.12. The zero-order valence-corrected chi connectivity index (χ0v) is 17.0. The molecule has 0 saturated heterocycles. The van der Waals surface area contributed by atoms with Gasteiger partial charge in [0.2, 0.25) is 0 Å². The molecule has 0 saturated carbocycles. The fraction of sp³-hybridized carbons (Fsp3) is 0.333. The average molecular weight is 423 g/mol. The molecule has 1 atom stereocenters. The highest BCUT2D eigenvalue weighted by Gasteiger charge is 2.32. The van der Waals surface area contributed by atoms with Crippen LogP contribution in [0.1, 0.15) is 54.7 Å². The van der Waals surface area contributed by atoms with Crippen molar-refractivity contribution in [1.29, 1.82) is 0 Å². The number of fused-ring (bicyclic) bond motifs is 1. The predicted molar refractivity (Wildman–Crippen MR) is 106 cm³/mol. The summed E-state index contributed by atoms with van der Waals surface area (Å²) in [5.74, 6) is -1.56. The van der Waals surface area contributed by atoms with Crippen LogP contribution in [0.3, 0.4) is 0 Å². The molecule has 1 aliphatic rings. The van der Waals surface area contributed by atoms with E-state index in [1.54, 1.807) is 20.8 Å². The lowest BCUT2D eigenvalue weighted by atomic mass is 10.0. The molecule has 0 bridgehead atoms. The highest BCUT2D eigenvalue weighted by molar-refractivity contribution is 6.31. The van der Waals surface area contributed by atoms with E-state index >= 15 is 0 Å². The molecule has 0 heterocycles. The minimum atomic E-state index is -0.678. The molecule has 1 aliphatic carbocycles. The molecule has 0 spiro atoms. The molecule has 3 rings (SSSR count). The van der Waals surface area contributed by atoms with Gasteiger partial charge in [0, 0.05) is 16.8 Å². The van der Waals surface area contributed by atoms with Gasteiger partial charge in [-0.15, -0.1) is 0 Å². The molecule has 2 N–H and O–H groups in total. The summed E-state index contributed by atoms with van der Waals surface area (Å²) in [5.41, 5.74) is 0.732.